The van der Waals surface area contributed by atoms with E-state index >= 15 is 0 Å². The van der Waals surface area contributed by atoms with Crippen molar-refractivity contribution >= 4 is 23.1 Å². The third kappa shape index (κ3) is 4.71. The van der Waals surface area contributed by atoms with Crippen molar-refractivity contribution in [3.63, 3.8) is 0 Å². The maximum atomic E-state index is 11.7. The van der Waals surface area contributed by atoms with Crippen LogP contribution in [0, 0.1) is 6.07 Å². The van der Waals surface area contributed by atoms with Gasteiger partial charge in [-0.05, 0) is 0 Å². The minimum absolute atomic E-state index is 0. The van der Waals surface area contributed by atoms with Crippen LogP contribution in [0.25, 0.3) is 0 Å². The van der Waals surface area contributed by atoms with Gasteiger partial charge in [0, 0.05) is 0 Å². The number of alkyl halides is 2. The number of hydrogen-bond donors (Lipinski definition) is 0. The molecule has 0 saturated carbocycles. The van der Waals surface area contributed by atoms with E-state index in [-0.39, 0.29) is 45.6 Å². The zero-order valence-corrected chi connectivity index (χ0v) is 8.73. The predicted octanol–water partition coefficient (Wildman–Crippen LogP) is -0.952. The van der Waals surface area contributed by atoms with Crippen molar-refractivity contribution in [2.24, 2.45) is 0 Å². The molecular formula is C7H5BrF2Mg. The Bertz CT molecular complexity index is 179. The molecule has 0 saturated heterocycles. The Balaban J connectivity index is 0. The summed E-state index contributed by atoms with van der Waals surface area (Å²) in [5.41, 5.74) is 0.0255. The molecule has 0 aliphatic heterocycles. The fourth-order valence-corrected chi connectivity index (χ4v) is 0.543. The van der Waals surface area contributed by atoms with Crippen LogP contribution in [0.2, 0.25) is 0 Å². The first-order chi connectivity index (χ1) is 4.30. The molecule has 0 unspecified atom stereocenters. The van der Waals surface area contributed by atoms with Gasteiger partial charge in [-0.1, -0.05) is 5.56 Å². The van der Waals surface area contributed by atoms with E-state index in [1.807, 2.05) is 0 Å². The number of hydrogen-bond acceptors (Lipinski definition) is 0. The van der Waals surface area contributed by atoms with Crippen LogP contribution in [0.15, 0.2) is 24.3 Å². The zero-order chi connectivity index (χ0) is 6.69. The number of halogens is 3. The van der Waals surface area contributed by atoms with Crippen molar-refractivity contribution in [3.05, 3.63) is 35.9 Å². The molecule has 1 rings (SSSR count). The Labute approximate surface area is 90.9 Å². The molecule has 0 N–H and O–H groups in total. The van der Waals surface area contributed by atoms with Gasteiger partial charge >= 0.3 is 23.1 Å². The summed E-state index contributed by atoms with van der Waals surface area (Å²) in [6, 6.07) is 8.35. The average Bonchev–Trinajstić information content (AvgIpc) is 1.90. The summed E-state index contributed by atoms with van der Waals surface area (Å²) in [6.45, 7) is 0. The van der Waals surface area contributed by atoms with E-state index in [9.17, 15) is 8.78 Å². The van der Waals surface area contributed by atoms with E-state index in [1.54, 1.807) is 12.1 Å². The molecule has 0 nitrogen and oxygen atoms in total. The fraction of sp³-hybridized carbons (Fsp3) is 0.143. The SMILES string of the molecule is FC(F)c1c[c-]ccc1.[Br-].[Mg+2]. The summed E-state index contributed by atoms with van der Waals surface area (Å²) < 4.78 is 23.5. The number of benzene rings is 1. The van der Waals surface area contributed by atoms with Crippen molar-refractivity contribution in [2.75, 3.05) is 0 Å². The molecule has 56 valence electrons. The molecular weight excluding hydrogens is 226 g/mol. The van der Waals surface area contributed by atoms with Crippen LogP contribution in [-0.2, 0) is 0 Å². The van der Waals surface area contributed by atoms with Gasteiger partial charge in [-0.3, -0.25) is 0 Å². The summed E-state index contributed by atoms with van der Waals surface area (Å²) in [6.07, 6.45) is -2.37. The maximum Gasteiger partial charge on any atom is 2.00 e. The molecule has 1 aromatic rings. The van der Waals surface area contributed by atoms with Gasteiger partial charge in [-0.2, -0.15) is 30.3 Å². The second-order valence-electron chi connectivity index (χ2n) is 1.64. The van der Waals surface area contributed by atoms with Gasteiger partial charge in [0.25, 0.3) is 0 Å². The summed E-state index contributed by atoms with van der Waals surface area (Å²) in [5.74, 6) is 0. The second-order valence-corrected chi connectivity index (χ2v) is 1.64. The third-order valence-electron chi connectivity index (χ3n) is 0.983. The van der Waals surface area contributed by atoms with Gasteiger partial charge in [-0.25, -0.2) is 8.78 Å². The molecule has 1 aromatic carbocycles. The largest absolute Gasteiger partial charge is 2.00 e. The molecule has 0 aliphatic rings. The molecule has 0 atom stereocenters. The average molecular weight is 231 g/mol. The van der Waals surface area contributed by atoms with Crippen molar-refractivity contribution in [2.45, 2.75) is 6.43 Å². The van der Waals surface area contributed by atoms with Crippen LogP contribution in [0.3, 0.4) is 0 Å². The fourth-order valence-electron chi connectivity index (χ4n) is 0.543. The van der Waals surface area contributed by atoms with E-state index in [1.165, 1.54) is 12.1 Å². The smallest absolute Gasteiger partial charge is 1.00 e. The first-order valence-electron chi connectivity index (χ1n) is 2.55. The Morgan fingerprint density at radius 3 is 2.27 bits per heavy atom. The first-order valence-corrected chi connectivity index (χ1v) is 2.55. The van der Waals surface area contributed by atoms with E-state index in [4.69, 9.17) is 0 Å². The molecule has 0 aromatic heterocycles. The molecule has 0 spiro atoms. The molecule has 0 amide bonds. The first kappa shape index (κ1) is 13.9. The van der Waals surface area contributed by atoms with Crippen molar-refractivity contribution < 1.29 is 25.8 Å². The normalized spacial score (nSPS) is 8.27. The Morgan fingerprint density at radius 1 is 1.36 bits per heavy atom. The summed E-state index contributed by atoms with van der Waals surface area (Å²) in [4.78, 5) is 0. The summed E-state index contributed by atoms with van der Waals surface area (Å²) >= 11 is 0. The van der Waals surface area contributed by atoms with Crippen LogP contribution >= 0.6 is 0 Å². The quantitative estimate of drug-likeness (QED) is 0.432. The predicted molar refractivity (Wildman–Crippen MR) is 36.0 cm³/mol. The minimum Gasteiger partial charge on any atom is -1.00 e. The van der Waals surface area contributed by atoms with E-state index < -0.39 is 6.43 Å². The summed E-state index contributed by atoms with van der Waals surface area (Å²) in [7, 11) is 0. The second kappa shape index (κ2) is 7.00. The van der Waals surface area contributed by atoms with Gasteiger partial charge < -0.3 is 17.0 Å². The van der Waals surface area contributed by atoms with Gasteiger partial charge in [0.15, 0.2) is 0 Å². The van der Waals surface area contributed by atoms with Crippen molar-refractivity contribution in [1.29, 1.82) is 0 Å². The summed E-state index contributed by atoms with van der Waals surface area (Å²) in [5, 5.41) is 0. The van der Waals surface area contributed by atoms with E-state index in [0.29, 0.717) is 0 Å². The third-order valence-corrected chi connectivity index (χ3v) is 0.983. The molecule has 0 heterocycles. The zero-order valence-electron chi connectivity index (χ0n) is 5.73. The molecule has 0 radical (unpaired) electrons. The topological polar surface area (TPSA) is 0 Å². The molecule has 0 aliphatic carbocycles. The molecule has 11 heavy (non-hydrogen) atoms. The van der Waals surface area contributed by atoms with Crippen molar-refractivity contribution in [1.82, 2.24) is 0 Å². The van der Waals surface area contributed by atoms with Crippen LogP contribution < -0.4 is 17.0 Å². The Morgan fingerprint density at radius 2 is 2.00 bits per heavy atom. The molecule has 0 bridgehead atoms. The minimum atomic E-state index is -2.37. The monoisotopic (exact) mass is 230 g/mol. The van der Waals surface area contributed by atoms with Gasteiger partial charge in [0.2, 0.25) is 6.43 Å². The molecule has 4 heteroatoms. The van der Waals surface area contributed by atoms with Crippen LogP contribution in [0.5, 0.6) is 0 Å². The Kier molecular flexibility index (Phi) is 8.84. The van der Waals surface area contributed by atoms with Gasteiger partial charge in [0.1, 0.15) is 0 Å². The van der Waals surface area contributed by atoms with Gasteiger partial charge in [0.05, 0.1) is 0 Å². The maximum absolute atomic E-state index is 11.7. The standard InChI is InChI=1S/C7H5F2.BrH.Mg/c8-7(9)6-4-2-1-3-5-6;;/h1-2,4-5,7H;1H;/q-1;;+2/p-1. The van der Waals surface area contributed by atoms with E-state index in [0.717, 1.165) is 0 Å². The number of rotatable bonds is 1. The van der Waals surface area contributed by atoms with Crippen LogP contribution in [-0.4, -0.2) is 23.1 Å². The van der Waals surface area contributed by atoms with Crippen LogP contribution in [0.4, 0.5) is 8.78 Å². The Hall–Kier alpha value is 0.326. The van der Waals surface area contributed by atoms with E-state index in [2.05, 4.69) is 6.07 Å². The van der Waals surface area contributed by atoms with Gasteiger partial charge in [-0.15, -0.1) is 0 Å². The molecule has 0 fully saturated rings. The van der Waals surface area contributed by atoms with Crippen molar-refractivity contribution in [3.8, 4) is 0 Å². The van der Waals surface area contributed by atoms with Crippen LogP contribution in [0.1, 0.15) is 12.0 Å².